The number of nitrogens with one attached hydrogen (secondary N) is 1. The molecule has 1 fully saturated rings. The van der Waals surface area contributed by atoms with Crippen molar-refractivity contribution in [3.8, 4) is 0 Å². The lowest BCUT2D eigenvalue weighted by atomic mass is 9.97. The molecule has 0 aliphatic carbocycles. The van der Waals surface area contributed by atoms with Crippen LogP contribution in [-0.4, -0.2) is 31.2 Å². The van der Waals surface area contributed by atoms with Gasteiger partial charge in [-0.2, -0.15) is 0 Å². The first-order valence-electron chi connectivity index (χ1n) is 7.53. The molecule has 2 heterocycles. The van der Waals surface area contributed by atoms with Gasteiger partial charge in [-0.1, -0.05) is 13.8 Å². The molecule has 106 valence electrons. The minimum absolute atomic E-state index is 0.738. The maximum Gasteiger partial charge on any atom is 0.0399 e. The van der Waals surface area contributed by atoms with Crippen molar-refractivity contribution in [1.82, 2.24) is 10.3 Å². The predicted molar refractivity (Wildman–Crippen MR) is 81.6 cm³/mol. The maximum absolute atomic E-state index is 4.28. The fourth-order valence-electron chi connectivity index (χ4n) is 2.77. The van der Waals surface area contributed by atoms with Crippen molar-refractivity contribution in [1.29, 1.82) is 0 Å². The number of hydrogen-bond donors (Lipinski definition) is 1. The fourth-order valence-corrected chi connectivity index (χ4v) is 2.77. The number of pyridine rings is 1. The molecule has 1 N–H and O–H groups in total. The summed E-state index contributed by atoms with van der Waals surface area (Å²) in [5.74, 6) is 1.52. The van der Waals surface area contributed by atoms with E-state index in [9.17, 15) is 0 Å². The Morgan fingerprint density at radius 3 is 3.05 bits per heavy atom. The van der Waals surface area contributed by atoms with Crippen LogP contribution in [0.15, 0.2) is 18.3 Å². The molecule has 0 saturated carbocycles. The van der Waals surface area contributed by atoms with Gasteiger partial charge in [-0.05, 0) is 56.8 Å². The van der Waals surface area contributed by atoms with Crippen LogP contribution in [-0.2, 0) is 0 Å². The van der Waals surface area contributed by atoms with Crippen molar-refractivity contribution in [3.05, 3.63) is 24.0 Å². The molecule has 0 amide bonds. The molecule has 1 aromatic rings. The molecule has 1 aromatic heterocycles. The second-order valence-electron chi connectivity index (χ2n) is 6.16. The molecular weight excluding hydrogens is 234 g/mol. The van der Waals surface area contributed by atoms with E-state index in [0.717, 1.165) is 30.6 Å². The van der Waals surface area contributed by atoms with Gasteiger partial charge >= 0.3 is 0 Å². The Morgan fingerprint density at radius 1 is 1.47 bits per heavy atom. The Balaban J connectivity index is 1.86. The zero-order valence-corrected chi connectivity index (χ0v) is 12.5. The van der Waals surface area contributed by atoms with Crippen molar-refractivity contribution in [2.75, 3.05) is 31.1 Å². The summed E-state index contributed by atoms with van der Waals surface area (Å²) in [5, 5.41) is 3.60. The highest BCUT2D eigenvalue weighted by molar-refractivity contribution is 5.46. The van der Waals surface area contributed by atoms with Gasteiger partial charge in [0, 0.05) is 30.7 Å². The van der Waals surface area contributed by atoms with Gasteiger partial charge in [0.05, 0.1) is 0 Å². The van der Waals surface area contributed by atoms with E-state index in [1.54, 1.807) is 0 Å². The first kappa shape index (κ1) is 14.3. The van der Waals surface area contributed by atoms with E-state index >= 15 is 0 Å². The van der Waals surface area contributed by atoms with Crippen LogP contribution in [0.5, 0.6) is 0 Å². The Labute approximate surface area is 117 Å². The monoisotopic (exact) mass is 261 g/mol. The van der Waals surface area contributed by atoms with Crippen molar-refractivity contribution in [3.63, 3.8) is 0 Å². The first-order chi connectivity index (χ1) is 9.15. The van der Waals surface area contributed by atoms with Crippen LogP contribution in [0, 0.1) is 18.8 Å². The highest BCUT2D eigenvalue weighted by atomic mass is 15.1. The number of anilines is 1. The highest BCUT2D eigenvalue weighted by Crippen LogP contribution is 2.22. The first-order valence-corrected chi connectivity index (χ1v) is 7.53. The summed E-state index contributed by atoms with van der Waals surface area (Å²) >= 11 is 0. The van der Waals surface area contributed by atoms with E-state index in [0.29, 0.717) is 0 Å². The third-order valence-corrected chi connectivity index (χ3v) is 3.75. The number of aryl methyl sites for hydroxylation is 1. The second kappa shape index (κ2) is 6.90. The summed E-state index contributed by atoms with van der Waals surface area (Å²) in [5.41, 5.74) is 2.44. The molecule has 0 bridgehead atoms. The van der Waals surface area contributed by atoms with Gasteiger partial charge in [0.1, 0.15) is 0 Å². The molecule has 0 spiro atoms. The lowest BCUT2D eigenvalue weighted by Crippen LogP contribution is -2.40. The largest absolute Gasteiger partial charge is 0.371 e. The predicted octanol–water partition coefficient (Wildman–Crippen LogP) is 2.85. The molecule has 3 heteroatoms. The van der Waals surface area contributed by atoms with E-state index in [4.69, 9.17) is 0 Å². The number of piperidine rings is 1. The third kappa shape index (κ3) is 4.50. The zero-order chi connectivity index (χ0) is 13.7. The molecule has 19 heavy (non-hydrogen) atoms. The van der Waals surface area contributed by atoms with Crippen molar-refractivity contribution >= 4 is 5.69 Å². The fraction of sp³-hybridized carbons (Fsp3) is 0.688. The summed E-state index contributed by atoms with van der Waals surface area (Å²) in [7, 11) is 0. The minimum atomic E-state index is 0.738. The van der Waals surface area contributed by atoms with Crippen LogP contribution in [0.2, 0.25) is 0 Å². The minimum Gasteiger partial charge on any atom is -0.371 e. The summed E-state index contributed by atoms with van der Waals surface area (Å²) < 4.78 is 0. The molecule has 2 rings (SSSR count). The van der Waals surface area contributed by atoms with Crippen LogP contribution in [0.25, 0.3) is 0 Å². The highest BCUT2D eigenvalue weighted by Gasteiger charge is 2.20. The Bertz CT molecular complexity index is 389. The van der Waals surface area contributed by atoms with Gasteiger partial charge in [0.2, 0.25) is 0 Å². The zero-order valence-electron chi connectivity index (χ0n) is 12.5. The molecule has 1 saturated heterocycles. The number of rotatable bonds is 5. The quantitative estimate of drug-likeness (QED) is 0.883. The van der Waals surface area contributed by atoms with E-state index in [1.807, 2.05) is 6.20 Å². The normalized spacial score (nSPS) is 20.0. The molecule has 1 aliphatic heterocycles. The van der Waals surface area contributed by atoms with Gasteiger partial charge in [0.15, 0.2) is 0 Å². The van der Waals surface area contributed by atoms with Gasteiger partial charge in [0.25, 0.3) is 0 Å². The average molecular weight is 261 g/mol. The van der Waals surface area contributed by atoms with Crippen LogP contribution in [0.4, 0.5) is 5.69 Å². The summed E-state index contributed by atoms with van der Waals surface area (Å²) in [6.45, 7) is 11.2. The van der Waals surface area contributed by atoms with Crippen LogP contribution in [0.3, 0.4) is 0 Å². The molecule has 0 aromatic carbocycles. The van der Waals surface area contributed by atoms with Crippen molar-refractivity contribution in [2.24, 2.45) is 11.8 Å². The van der Waals surface area contributed by atoms with E-state index in [1.165, 1.54) is 31.6 Å². The summed E-state index contributed by atoms with van der Waals surface area (Å²) in [6.07, 6.45) is 4.58. The van der Waals surface area contributed by atoms with Crippen LogP contribution in [0.1, 0.15) is 32.4 Å². The van der Waals surface area contributed by atoms with Crippen molar-refractivity contribution < 1.29 is 0 Å². The standard InChI is InChI=1S/C16H27N3/c1-13(2)10-17-11-15-5-4-8-19(12-15)16-6-7-18-14(3)9-16/h6-7,9,13,15,17H,4-5,8,10-12H2,1-3H3. The lowest BCUT2D eigenvalue weighted by Gasteiger charge is -2.34. The molecule has 1 unspecified atom stereocenters. The van der Waals surface area contributed by atoms with Gasteiger partial charge in [-0.3, -0.25) is 4.98 Å². The molecular formula is C16H27N3. The molecule has 0 radical (unpaired) electrons. The Morgan fingerprint density at radius 2 is 2.32 bits per heavy atom. The summed E-state index contributed by atoms with van der Waals surface area (Å²) in [6, 6.07) is 4.33. The van der Waals surface area contributed by atoms with Crippen LogP contribution < -0.4 is 10.2 Å². The van der Waals surface area contributed by atoms with E-state index in [-0.39, 0.29) is 0 Å². The molecule has 1 aliphatic rings. The summed E-state index contributed by atoms with van der Waals surface area (Å²) in [4.78, 5) is 6.80. The number of aromatic nitrogens is 1. The van der Waals surface area contributed by atoms with Gasteiger partial charge < -0.3 is 10.2 Å². The third-order valence-electron chi connectivity index (χ3n) is 3.75. The van der Waals surface area contributed by atoms with Crippen molar-refractivity contribution in [2.45, 2.75) is 33.6 Å². The molecule has 3 nitrogen and oxygen atoms in total. The Kier molecular flexibility index (Phi) is 5.20. The number of nitrogens with zero attached hydrogens (tertiary/aromatic N) is 2. The van der Waals surface area contributed by atoms with Gasteiger partial charge in [-0.25, -0.2) is 0 Å². The SMILES string of the molecule is Cc1cc(N2CCCC(CNCC(C)C)C2)ccn1. The molecule has 1 atom stereocenters. The topological polar surface area (TPSA) is 28.2 Å². The maximum atomic E-state index is 4.28. The van der Waals surface area contributed by atoms with Crippen LogP contribution >= 0.6 is 0 Å². The second-order valence-corrected chi connectivity index (χ2v) is 6.16. The van der Waals surface area contributed by atoms with E-state index < -0.39 is 0 Å². The lowest BCUT2D eigenvalue weighted by molar-refractivity contribution is 0.382. The smallest absolute Gasteiger partial charge is 0.0399 e. The Hall–Kier alpha value is -1.09. The van der Waals surface area contributed by atoms with Gasteiger partial charge in [-0.15, -0.1) is 0 Å². The number of hydrogen-bond acceptors (Lipinski definition) is 3. The average Bonchev–Trinajstić information content (AvgIpc) is 2.39. The van der Waals surface area contributed by atoms with E-state index in [2.05, 4.69) is 48.1 Å².